The quantitative estimate of drug-likeness (QED) is 0.281. The van der Waals surface area contributed by atoms with Gasteiger partial charge in [0.05, 0.1) is 12.8 Å². The van der Waals surface area contributed by atoms with Crippen LogP contribution < -0.4 is 14.5 Å². The zero-order chi connectivity index (χ0) is 27.4. The summed E-state index contributed by atoms with van der Waals surface area (Å²) in [5.74, 6) is 2.78. The number of anilines is 2. The smallest absolute Gasteiger partial charge is 0.253 e. The highest BCUT2D eigenvalue weighted by molar-refractivity contribution is 7.98. The van der Waals surface area contributed by atoms with Crippen molar-refractivity contribution >= 4 is 29.2 Å². The number of hydrogen-bond acceptors (Lipinski definition) is 7. The summed E-state index contributed by atoms with van der Waals surface area (Å²) in [7, 11) is 1.70. The molecule has 0 aliphatic carbocycles. The van der Waals surface area contributed by atoms with Gasteiger partial charge >= 0.3 is 0 Å². The first-order valence-corrected chi connectivity index (χ1v) is 14.8. The van der Waals surface area contributed by atoms with Crippen LogP contribution >= 0.6 is 11.8 Å². The highest BCUT2D eigenvalue weighted by atomic mass is 32.2. The van der Waals surface area contributed by atoms with E-state index < -0.39 is 0 Å². The second-order valence-corrected chi connectivity index (χ2v) is 12.2. The standard InChI is InChI=1S/C31H39N5O2S/c1-31(2,3)27-21-28(35-19-17-34(18-20-35)25-11-13-26(38-4)14-12-25)33-30(32-27)39-22-23-7-9-24(10-8-23)29(37)36-15-5-6-16-36/h7-14,21H,5-6,15-20,22H2,1-4H3. The summed E-state index contributed by atoms with van der Waals surface area (Å²) in [5.41, 5.74) is 4.14. The van der Waals surface area contributed by atoms with E-state index in [4.69, 9.17) is 14.7 Å². The molecule has 0 N–H and O–H groups in total. The number of thioether (sulfide) groups is 1. The molecule has 0 atom stereocenters. The summed E-state index contributed by atoms with van der Waals surface area (Å²) in [5, 5.41) is 0.798. The molecule has 0 unspecified atom stereocenters. The van der Waals surface area contributed by atoms with Crippen LogP contribution in [-0.2, 0) is 11.2 Å². The highest BCUT2D eigenvalue weighted by Gasteiger charge is 2.24. The van der Waals surface area contributed by atoms with Gasteiger partial charge < -0.3 is 19.4 Å². The van der Waals surface area contributed by atoms with Gasteiger partial charge in [0.1, 0.15) is 11.6 Å². The number of rotatable bonds is 7. The molecular formula is C31H39N5O2S. The first kappa shape index (κ1) is 27.3. The van der Waals surface area contributed by atoms with Crippen molar-refractivity contribution in [3.05, 3.63) is 71.4 Å². The fourth-order valence-electron chi connectivity index (χ4n) is 5.00. The molecule has 3 heterocycles. The molecule has 2 fully saturated rings. The topological polar surface area (TPSA) is 61.8 Å². The van der Waals surface area contributed by atoms with Gasteiger partial charge in [0.25, 0.3) is 5.91 Å². The van der Waals surface area contributed by atoms with Crippen LogP contribution in [0.4, 0.5) is 11.5 Å². The van der Waals surface area contributed by atoms with Crippen LogP contribution in [0.3, 0.4) is 0 Å². The van der Waals surface area contributed by atoms with Crippen LogP contribution in [0.2, 0.25) is 0 Å². The Morgan fingerprint density at radius 3 is 2.13 bits per heavy atom. The summed E-state index contributed by atoms with van der Waals surface area (Å²) in [6.07, 6.45) is 2.21. The lowest BCUT2D eigenvalue weighted by molar-refractivity contribution is 0.0793. The molecule has 2 saturated heterocycles. The van der Waals surface area contributed by atoms with E-state index in [-0.39, 0.29) is 11.3 Å². The van der Waals surface area contributed by atoms with Gasteiger partial charge in [0, 0.05) is 67.8 Å². The molecule has 5 rings (SSSR count). The third kappa shape index (κ3) is 6.67. The van der Waals surface area contributed by atoms with Gasteiger partial charge in [-0.25, -0.2) is 9.97 Å². The van der Waals surface area contributed by atoms with Crippen molar-refractivity contribution in [3.8, 4) is 5.75 Å². The van der Waals surface area contributed by atoms with E-state index in [1.807, 2.05) is 29.2 Å². The molecule has 0 radical (unpaired) electrons. The molecule has 2 aromatic carbocycles. The SMILES string of the molecule is COc1ccc(N2CCN(c3cc(C(C)(C)C)nc(SCc4ccc(C(=O)N5CCCC5)cc4)n3)CC2)cc1. The van der Waals surface area contributed by atoms with Crippen LogP contribution in [0.1, 0.15) is 55.2 Å². The zero-order valence-electron chi connectivity index (χ0n) is 23.5. The number of carbonyl (C=O) groups is 1. The third-order valence-corrected chi connectivity index (χ3v) is 8.38. The van der Waals surface area contributed by atoms with Gasteiger partial charge in [0.2, 0.25) is 0 Å². The van der Waals surface area contributed by atoms with E-state index in [1.54, 1.807) is 18.9 Å². The van der Waals surface area contributed by atoms with Crippen molar-refractivity contribution in [1.29, 1.82) is 0 Å². The van der Waals surface area contributed by atoms with Crippen LogP contribution in [0.15, 0.2) is 59.8 Å². The zero-order valence-corrected chi connectivity index (χ0v) is 24.3. The third-order valence-electron chi connectivity index (χ3n) is 7.46. The van der Waals surface area contributed by atoms with E-state index in [0.29, 0.717) is 0 Å². The Hall–Kier alpha value is -3.26. The van der Waals surface area contributed by atoms with E-state index in [2.05, 4.69) is 60.9 Å². The number of hydrogen-bond donors (Lipinski definition) is 0. The van der Waals surface area contributed by atoms with Crippen LogP contribution in [0.5, 0.6) is 5.75 Å². The van der Waals surface area contributed by atoms with E-state index in [9.17, 15) is 4.79 Å². The number of likely N-dealkylation sites (tertiary alicyclic amines) is 1. The number of aromatic nitrogens is 2. The lowest BCUT2D eigenvalue weighted by Crippen LogP contribution is -2.47. The van der Waals surface area contributed by atoms with Gasteiger partial charge in [-0.05, 0) is 54.8 Å². The Morgan fingerprint density at radius 2 is 1.51 bits per heavy atom. The number of methoxy groups -OCH3 is 1. The summed E-state index contributed by atoms with van der Waals surface area (Å²) in [6.45, 7) is 12.0. The van der Waals surface area contributed by atoms with E-state index in [0.717, 1.165) is 91.4 Å². The van der Waals surface area contributed by atoms with Gasteiger partial charge in [-0.3, -0.25) is 4.79 Å². The van der Waals surface area contributed by atoms with Crippen LogP contribution in [0.25, 0.3) is 0 Å². The lowest BCUT2D eigenvalue weighted by Gasteiger charge is -2.37. The molecule has 2 aliphatic heterocycles. The van der Waals surface area contributed by atoms with Crippen LogP contribution in [-0.4, -0.2) is 67.2 Å². The fraction of sp³-hybridized carbons (Fsp3) is 0.452. The predicted octanol–water partition coefficient (Wildman–Crippen LogP) is 5.64. The number of benzene rings is 2. The molecule has 206 valence electrons. The molecular weight excluding hydrogens is 506 g/mol. The number of piperazine rings is 1. The first-order chi connectivity index (χ1) is 18.8. The van der Waals surface area contributed by atoms with Gasteiger partial charge in [0.15, 0.2) is 5.16 Å². The van der Waals surface area contributed by atoms with Crippen molar-refractivity contribution in [2.75, 3.05) is 56.2 Å². The maximum absolute atomic E-state index is 12.7. The molecule has 39 heavy (non-hydrogen) atoms. The Labute approximate surface area is 236 Å². The molecule has 0 saturated carbocycles. The maximum atomic E-state index is 12.7. The Morgan fingerprint density at radius 1 is 0.872 bits per heavy atom. The molecule has 8 heteroatoms. The number of amides is 1. The second kappa shape index (κ2) is 11.9. The fourth-order valence-corrected chi connectivity index (χ4v) is 5.81. The van der Waals surface area contributed by atoms with E-state index in [1.165, 1.54) is 5.69 Å². The summed E-state index contributed by atoms with van der Waals surface area (Å²) in [4.78, 5) is 29.3. The Kier molecular flexibility index (Phi) is 8.31. The van der Waals surface area contributed by atoms with Crippen molar-refractivity contribution in [2.24, 2.45) is 0 Å². The average molecular weight is 546 g/mol. The second-order valence-electron chi connectivity index (χ2n) is 11.3. The minimum atomic E-state index is -0.0739. The Bertz CT molecular complexity index is 1260. The molecule has 1 aromatic heterocycles. The monoisotopic (exact) mass is 545 g/mol. The maximum Gasteiger partial charge on any atom is 0.253 e. The number of carbonyl (C=O) groups excluding carboxylic acids is 1. The molecule has 7 nitrogen and oxygen atoms in total. The largest absolute Gasteiger partial charge is 0.497 e. The predicted molar refractivity (Wildman–Crippen MR) is 159 cm³/mol. The lowest BCUT2D eigenvalue weighted by atomic mass is 9.92. The number of nitrogens with zero attached hydrogens (tertiary/aromatic N) is 5. The molecule has 1 amide bonds. The molecule has 3 aromatic rings. The van der Waals surface area contributed by atoms with Crippen molar-refractivity contribution in [1.82, 2.24) is 14.9 Å². The minimum Gasteiger partial charge on any atom is -0.497 e. The average Bonchev–Trinajstić information content (AvgIpc) is 3.51. The van der Waals surface area contributed by atoms with Gasteiger partial charge in [-0.1, -0.05) is 44.7 Å². The number of ether oxygens (including phenoxy) is 1. The van der Waals surface area contributed by atoms with Gasteiger partial charge in [-0.15, -0.1) is 0 Å². The first-order valence-electron chi connectivity index (χ1n) is 13.8. The van der Waals surface area contributed by atoms with Crippen molar-refractivity contribution in [2.45, 2.75) is 49.9 Å². The van der Waals surface area contributed by atoms with Crippen molar-refractivity contribution in [3.63, 3.8) is 0 Å². The molecule has 2 aliphatic rings. The highest BCUT2D eigenvalue weighted by Crippen LogP contribution is 2.30. The molecule has 0 bridgehead atoms. The van der Waals surface area contributed by atoms with Crippen LogP contribution in [0, 0.1) is 0 Å². The summed E-state index contributed by atoms with van der Waals surface area (Å²) < 4.78 is 5.30. The summed E-state index contributed by atoms with van der Waals surface area (Å²) >= 11 is 1.66. The van der Waals surface area contributed by atoms with E-state index >= 15 is 0 Å². The molecule has 0 spiro atoms. The van der Waals surface area contributed by atoms with Crippen molar-refractivity contribution < 1.29 is 9.53 Å². The minimum absolute atomic E-state index is 0.0739. The van der Waals surface area contributed by atoms with Gasteiger partial charge in [-0.2, -0.15) is 0 Å². The summed E-state index contributed by atoms with van der Waals surface area (Å²) in [6, 6.07) is 18.5. The normalized spacial score (nSPS) is 16.1. The Balaban J connectivity index is 1.25.